The fourth-order valence-electron chi connectivity index (χ4n) is 2.13. The first-order valence-corrected chi connectivity index (χ1v) is 9.39. The largest absolute Gasteiger partial charge is 0.444 e. The van der Waals surface area contributed by atoms with Gasteiger partial charge in [-0.2, -0.15) is 0 Å². The number of nitrogens with one attached hydrogen (secondary N) is 2. The van der Waals surface area contributed by atoms with Gasteiger partial charge in [0.15, 0.2) is 5.13 Å². The van der Waals surface area contributed by atoms with E-state index >= 15 is 0 Å². The first-order chi connectivity index (χ1) is 11.9. The number of nitrogens with zero attached hydrogens (tertiary/aromatic N) is 2. The van der Waals surface area contributed by atoms with Gasteiger partial charge in [-0.3, -0.25) is 4.98 Å². The van der Waals surface area contributed by atoms with Crippen molar-refractivity contribution in [3.8, 4) is 11.3 Å². The van der Waals surface area contributed by atoms with E-state index in [2.05, 4.69) is 20.6 Å². The van der Waals surface area contributed by atoms with Gasteiger partial charge in [0, 0.05) is 36.4 Å². The lowest BCUT2D eigenvalue weighted by molar-refractivity contribution is 0.0527. The number of anilines is 1. The molecule has 1 amide bonds. The molecule has 0 bridgehead atoms. The van der Waals surface area contributed by atoms with Gasteiger partial charge in [-0.15, -0.1) is 11.3 Å². The number of hydrogen-bond donors (Lipinski definition) is 2. The molecule has 0 aliphatic carbocycles. The molecule has 2 N–H and O–H groups in total. The molecule has 0 saturated heterocycles. The molecule has 0 fully saturated rings. The summed E-state index contributed by atoms with van der Waals surface area (Å²) in [7, 11) is 0. The maximum atomic E-state index is 11.5. The van der Waals surface area contributed by atoms with Gasteiger partial charge < -0.3 is 15.4 Å². The summed E-state index contributed by atoms with van der Waals surface area (Å²) in [6, 6.07) is 3.91. The van der Waals surface area contributed by atoms with Crippen molar-refractivity contribution in [1.82, 2.24) is 15.3 Å². The predicted octanol–water partition coefficient (Wildman–Crippen LogP) is 4.31. The van der Waals surface area contributed by atoms with Crippen LogP contribution in [0, 0.1) is 0 Å². The van der Waals surface area contributed by atoms with Gasteiger partial charge in [-0.25, -0.2) is 9.78 Å². The Kier molecular flexibility index (Phi) is 7.18. The van der Waals surface area contributed by atoms with Crippen LogP contribution < -0.4 is 10.6 Å². The highest BCUT2D eigenvalue weighted by atomic mass is 32.1. The van der Waals surface area contributed by atoms with Crippen molar-refractivity contribution in [2.75, 3.05) is 18.4 Å². The van der Waals surface area contributed by atoms with E-state index in [1.807, 2.05) is 44.5 Å². The number of carbonyl (C=O) groups excluding carboxylic acids is 1. The van der Waals surface area contributed by atoms with E-state index < -0.39 is 5.60 Å². The molecule has 0 saturated carbocycles. The summed E-state index contributed by atoms with van der Waals surface area (Å²) in [6.07, 6.45) is 6.21. The van der Waals surface area contributed by atoms with Crippen LogP contribution in [-0.2, 0) is 4.74 Å². The van der Waals surface area contributed by atoms with Crippen molar-refractivity contribution in [3.05, 3.63) is 29.9 Å². The second kappa shape index (κ2) is 9.36. The maximum Gasteiger partial charge on any atom is 0.407 e. The van der Waals surface area contributed by atoms with Crippen LogP contribution >= 0.6 is 11.3 Å². The molecule has 0 aromatic carbocycles. The number of hydrogen-bond acceptors (Lipinski definition) is 6. The van der Waals surface area contributed by atoms with Crippen molar-refractivity contribution in [2.24, 2.45) is 0 Å². The van der Waals surface area contributed by atoms with Gasteiger partial charge in [0.25, 0.3) is 0 Å². The zero-order valence-electron chi connectivity index (χ0n) is 15.0. The van der Waals surface area contributed by atoms with E-state index in [4.69, 9.17) is 4.74 Å². The topological polar surface area (TPSA) is 76.1 Å². The van der Waals surface area contributed by atoms with Crippen LogP contribution in [0.1, 0.15) is 40.0 Å². The zero-order valence-corrected chi connectivity index (χ0v) is 15.9. The maximum absolute atomic E-state index is 11.5. The lowest BCUT2D eigenvalue weighted by Crippen LogP contribution is -2.33. The van der Waals surface area contributed by atoms with E-state index in [1.54, 1.807) is 17.5 Å². The van der Waals surface area contributed by atoms with E-state index in [1.165, 1.54) is 0 Å². The summed E-state index contributed by atoms with van der Waals surface area (Å²) in [6.45, 7) is 7.08. The number of unbranched alkanes of at least 4 members (excludes halogenated alkanes) is 2. The monoisotopic (exact) mass is 362 g/mol. The van der Waals surface area contributed by atoms with E-state index in [0.29, 0.717) is 6.54 Å². The third-order valence-electron chi connectivity index (χ3n) is 3.26. The zero-order chi connectivity index (χ0) is 18.1. The molecule has 7 heteroatoms. The van der Waals surface area contributed by atoms with Gasteiger partial charge >= 0.3 is 6.09 Å². The van der Waals surface area contributed by atoms with E-state index in [0.717, 1.165) is 42.2 Å². The summed E-state index contributed by atoms with van der Waals surface area (Å²) in [4.78, 5) is 20.2. The average molecular weight is 362 g/mol. The number of alkyl carbamates (subject to hydrolysis) is 1. The average Bonchev–Trinajstić information content (AvgIpc) is 3.02. The number of aromatic nitrogens is 2. The van der Waals surface area contributed by atoms with Crippen LogP contribution in [0.3, 0.4) is 0 Å². The van der Waals surface area contributed by atoms with Crippen LogP contribution in [0.25, 0.3) is 11.3 Å². The third kappa shape index (κ3) is 7.51. The minimum absolute atomic E-state index is 0.351. The molecule has 2 rings (SSSR count). The molecule has 25 heavy (non-hydrogen) atoms. The minimum Gasteiger partial charge on any atom is -0.444 e. The number of thiazole rings is 1. The molecule has 2 heterocycles. The quantitative estimate of drug-likeness (QED) is 0.684. The standard InChI is InChI=1S/C18H26N4O2S/c1-18(2,3)24-17(23)21-11-6-4-5-10-20-16-22-15(13-25-16)14-8-7-9-19-12-14/h7-9,12-13H,4-6,10-11H2,1-3H3,(H,20,22)(H,21,23). The predicted molar refractivity (Wildman–Crippen MR) is 102 cm³/mol. The Morgan fingerprint density at radius 2 is 2.04 bits per heavy atom. The molecule has 0 radical (unpaired) electrons. The molecule has 136 valence electrons. The van der Waals surface area contributed by atoms with Crippen molar-refractivity contribution < 1.29 is 9.53 Å². The van der Waals surface area contributed by atoms with Gasteiger partial charge in [-0.1, -0.05) is 0 Å². The highest BCUT2D eigenvalue weighted by Gasteiger charge is 2.15. The molecule has 0 atom stereocenters. The molecule has 0 aliphatic rings. The van der Waals surface area contributed by atoms with Crippen LogP contribution in [0.15, 0.2) is 29.9 Å². The minimum atomic E-state index is -0.448. The van der Waals surface area contributed by atoms with Crippen LogP contribution in [0.4, 0.5) is 9.93 Å². The normalized spacial score (nSPS) is 11.2. The number of rotatable bonds is 8. The van der Waals surface area contributed by atoms with E-state index in [9.17, 15) is 4.79 Å². The smallest absolute Gasteiger partial charge is 0.407 e. The fourth-order valence-corrected chi connectivity index (χ4v) is 2.88. The Balaban J connectivity index is 1.57. The van der Waals surface area contributed by atoms with Crippen LogP contribution in [0.5, 0.6) is 0 Å². The summed E-state index contributed by atoms with van der Waals surface area (Å²) in [5.41, 5.74) is 1.53. The lowest BCUT2D eigenvalue weighted by Gasteiger charge is -2.19. The SMILES string of the molecule is CC(C)(C)OC(=O)NCCCCCNc1nc(-c2cccnc2)cs1. The summed E-state index contributed by atoms with van der Waals surface area (Å²) in [5.74, 6) is 0. The van der Waals surface area contributed by atoms with Gasteiger partial charge in [-0.05, 0) is 52.2 Å². The first kappa shape index (κ1) is 19.2. The summed E-state index contributed by atoms with van der Waals surface area (Å²) >= 11 is 1.60. The number of pyridine rings is 1. The van der Waals surface area contributed by atoms with Crippen molar-refractivity contribution in [2.45, 2.75) is 45.6 Å². The van der Waals surface area contributed by atoms with Crippen LogP contribution in [-0.4, -0.2) is 34.8 Å². The Hall–Kier alpha value is -2.15. The van der Waals surface area contributed by atoms with Gasteiger partial charge in [0.2, 0.25) is 0 Å². The summed E-state index contributed by atoms with van der Waals surface area (Å²) < 4.78 is 5.19. The molecular weight excluding hydrogens is 336 g/mol. The molecule has 0 aliphatic heterocycles. The third-order valence-corrected chi connectivity index (χ3v) is 4.06. The number of amides is 1. The highest BCUT2D eigenvalue weighted by Crippen LogP contribution is 2.23. The Morgan fingerprint density at radius 3 is 2.76 bits per heavy atom. The molecule has 2 aromatic rings. The van der Waals surface area contributed by atoms with Crippen LogP contribution in [0.2, 0.25) is 0 Å². The second-order valence-corrected chi connectivity index (χ2v) is 7.55. The van der Waals surface area contributed by atoms with Gasteiger partial charge in [0.1, 0.15) is 5.60 Å². The molecular formula is C18H26N4O2S. The number of carbonyl (C=O) groups is 1. The molecule has 0 spiro atoms. The first-order valence-electron chi connectivity index (χ1n) is 8.51. The number of ether oxygens (including phenoxy) is 1. The van der Waals surface area contributed by atoms with E-state index in [-0.39, 0.29) is 6.09 Å². The molecule has 6 nitrogen and oxygen atoms in total. The highest BCUT2D eigenvalue weighted by molar-refractivity contribution is 7.14. The van der Waals surface area contributed by atoms with Gasteiger partial charge in [0.05, 0.1) is 5.69 Å². The lowest BCUT2D eigenvalue weighted by atomic mass is 10.2. The van der Waals surface area contributed by atoms with Crippen molar-refractivity contribution >= 4 is 22.6 Å². The molecule has 0 unspecified atom stereocenters. The summed E-state index contributed by atoms with van der Waals surface area (Å²) in [5, 5.41) is 9.07. The van der Waals surface area contributed by atoms with Crippen molar-refractivity contribution in [1.29, 1.82) is 0 Å². The Labute approximate surface area is 153 Å². The van der Waals surface area contributed by atoms with Crippen molar-refractivity contribution in [3.63, 3.8) is 0 Å². The Bertz CT molecular complexity index is 653. The molecule has 2 aromatic heterocycles. The second-order valence-electron chi connectivity index (χ2n) is 6.70. The fraction of sp³-hybridized carbons (Fsp3) is 0.500. The Morgan fingerprint density at radius 1 is 1.24 bits per heavy atom.